The molecule has 0 spiro atoms. The minimum Gasteiger partial charge on any atom is -0.379 e. The first-order chi connectivity index (χ1) is 12.6. The lowest BCUT2D eigenvalue weighted by Gasteiger charge is -2.37. The molecule has 0 bridgehead atoms. The number of ether oxygens (including phenoxy) is 1. The van der Waals surface area contributed by atoms with E-state index in [1.54, 1.807) is 17.7 Å². The Hall–Kier alpha value is -1.77. The molecule has 4 heterocycles. The number of aromatic nitrogens is 2. The monoisotopic (exact) mass is 375 g/mol. The average Bonchev–Trinajstić information content (AvgIpc) is 2.97. The molecule has 140 valence electrons. The highest BCUT2D eigenvalue weighted by Gasteiger charge is 2.25. The van der Waals surface area contributed by atoms with Crippen LogP contribution in [-0.4, -0.2) is 84.7 Å². The number of anilines is 1. The van der Waals surface area contributed by atoms with Crippen LogP contribution in [0.15, 0.2) is 6.33 Å². The van der Waals surface area contributed by atoms with Crippen molar-refractivity contribution in [2.45, 2.75) is 13.8 Å². The van der Waals surface area contributed by atoms with Gasteiger partial charge in [0.15, 0.2) is 0 Å². The fraction of sp³-hybridized carbons (Fsp3) is 0.611. The molecule has 8 heteroatoms. The predicted molar refractivity (Wildman–Crippen MR) is 103 cm³/mol. The number of fused-ring (bicyclic) bond motifs is 1. The van der Waals surface area contributed by atoms with Crippen molar-refractivity contribution in [3.05, 3.63) is 16.8 Å². The summed E-state index contributed by atoms with van der Waals surface area (Å²) in [6, 6.07) is 0. The van der Waals surface area contributed by atoms with Crippen LogP contribution in [0.1, 0.15) is 10.4 Å². The average molecular weight is 375 g/mol. The topological polar surface area (TPSA) is 61.8 Å². The first kappa shape index (κ1) is 17.6. The third-order valence-electron chi connectivity index (χ3n) is 5.34. The summed E-state index contributed by atoms with van der Waals surface area (Å²) in [4.78, 5) is 30.4. The van der Waals surface area contributed by atoms with Crippen molar-refractivity contribution in [3.8, 4) is 0 Å². The molecule has 2 aromatic heterocycles. The van der Waals surface area contributed by atoms with Crippen molar-refractivity contribution in [2.24, 2.45) is 0 Å². The third-order valence-corrected chi connectivity index (χ3v) is 6.46. The maximum Gasteiger partial charge on any atom is 0.236 e. The third kappa shape index (κ3) is 3.41. The quantitative estimate of drug-likeness (QED) is 0.806. The van der Waals surface area contributed by atoms with E-state index in [1.807, 2.05) is 4.90 Å². The van der Waals surface area contributed by atoms with E-state index in [0.29, 0.717) is 6.54 Å². The molecular formula is C18H25N5O2S. The Balaban J connectivity index is 1.41. The summed E-state index contributed by atoms with van der Waals surface area (Å²) in [7, 11) is 0. The first-order valence-corrected chi connectivity index (χ1v) is 9.98. The number of amides is 1. The van der Waals surface area contributed by atoms with Gasteiger partial charge in [-0.2, -0.15) is 0 Å². The normalized spacial score (nSPS) is 19.3. The Morgan fingerprint density at radius 1 is 1.12 bits per heavy atom. The molecule has 0 unspecified atom stereocenters. The van der Waals surface area contributed by atoms with Crippen molar-refractivity contribution >= 4 is 33.3 Å². The number of morpholine rings is 1. The molecular weight excluding hydrogens is 350 g/mol. The van der Waals surface area contributed by atoms with Crippen LogP contribution in [-0.2, 0) is 9.53 Å². The molecule has 0 atom stereocenters. The van der Waals surface area contributed by atoms with E-state index in [1.165, 1.54) is 15.8 Å². The fourth-order valence-electron chi connectivity index (χ4n) is 3.62. The molecule has 1 amide bonds. The second kappa shape index (κ2) is 7.46. The van der Waals surface area contributed by atoms with Gasteiger partial charge in [0.1, 0.15) is 17.0 Å². The van der Waals surface area contributed by atoms with E-state index in [0.717, 1.165) is 63.1 Å². The van der Waals surface area contributed by atoms with Gasteiger partial charge in [-0.05, 0) is 19.4 Å². The van der Waals surface area contributed by atoms with Gasteiger partial charge in [0.25, 0.3) is 0 Å². The minimum atomic E-state index is 0.224. The molecule has 0 saturated carbocycles. The van der Waals surface area contributed by atoms with Gasteiger partial charge in [0.05, 0.1) is 25.1 Å². The molecule has 0 N–H and O–H groups in total. The van der Waals surface area contributed by atoms with Crippen LogP contribution in [0.5, 0.6) is 0 Å². The fourth-order valence-corrected chi connectivity index (χ4v) is 4.61. The molecule has 2 saturated heterocycles. The van der Waals surface area contributed by atoms with Crippen LogP contribution >= 0.6 is 11.3 Å². The summed E-state index contributed by atoms with van der Waals surface area (Å²) in [6.07, 6.45) is 1.66. The van der Waals surface area contributed by atoms with Gasteiger partial charge in [0, 0.05) is 44.1 Å². The Kier molecular flexibility index (Phi) is 5.06. The number of rotatable bonds is 3. The highest BCUT2D eigenvalue weighted by Crippen LogP contribution is 2.34. The van der Waals surface area contributed by atoms with E-state index in [4.69, 9.17) is 4.74 Å². The lowest BCUT2D eigenvalue weighted by molar-refractivity contribution is -0.133. The highest BCUT2D eigenvalue weighted by atomic mass is 32.1. The van der Waals surface area contributed by atoms with Crippen LogP contribution in [0, 0.1) is 13.8 Å². The van der Waals surface area contributed by atoms with Crippen LogP contribution in [0.2, 0.25) is 0 Å². The maximum atomic E-state index is 12.6. The summed E-state index contributed by atoms with van der Waals surface area (Å²) >= 11 is 1.72. The summed E-state index contributed by atoms with van der Waals surface area (Å²) in [6.45, 7) is 11.1. The second-order valence-corrected chi connectivity index (χ2v) is 8.12. The zero-order valence-electron chi connectivity index (χ0n) is 15.4. The second-order valence-electron chi connectivity index (χ2n) is 6.92. The smallest absolute Gasteiger partial charge is 0.236 e. The molecule has 2 aliphatic heterocycles. The summed E-state index contributed by atoms with van der Waals surface area (Å²) in [5, 5.41) is 1.17. The van der Waals surface area contributed by atoms with Crippen molar-refractivity contribution in [3.63, 3.8) is 0 Å². The maximum absolute atomic E-state index is 12.6. The van der Waals surface area contributed by atoms with Crippen molar-refractivity contribution in [1.29, 1.82) is 0 Å². The number of carbonyl (C=O) groups excluding carboxylic acids is 1. The van der Waals surface area contributed by atoms with Crippen molar-refractivity contribution < 1.29 is 9.53 Å². The van der Waals surface area contributed by atoms with Gasteiger partial charge in [-0.25, -0.2) is 9.97 Å². The Bertz CT molecular complexity index is 794. The van der Waals surface area contributed by atoms with E-state index in [2.05, 4.69) is 33.6 Å². The number of hydrogen-bond acceptors (Lipinski definition) is 7. The van der Waals surface area contributed by atoms with E-state index < -0.39 is 0 Å². The minimum absolute atomic E-state index is 0.224. The van der Waals surface area contributed by atoms with Gasteiger partial charge in [0.2, 0.25) is 5.91 Å². The predicted octanol–water partition coefficient (Wildman–Crippen LogP) is 1.29. The molecule has 2 fully saturated rings. The lowest BCUT2D eigenvalue weighted by atomic mass is 10.2. The number of aryl methyl sites for hydroxylation is 2. The standard InChI is InChI=1S/C18H25N5O2S/c1-13-14(2)26-18-16(13)17(19-12-20-18)23-5-3-22(4-6-23)15(24)11-21-7-9-25-10-8-21/h12H,3-11H2,1-2H3. The number of nitrogens with zero attached hydrogens (tertiary/aromatic N) is 5. The largest absolute Gasteiger partial charge is 0.379 e. The SMILES string of the molecule is Cc1sc2ncnc(N3CCN(C(=O)CN4CCOCC4)CC3)c2c1C. The number of piperazine rings is 1. The Labute approximate surface area is 157 Å². The van der Waals surface area contributed by atoms with E-state index in [-0.39, 0.29) is 5.91 Å². The Morgan fingerprint density at radius 3 is 2.58 bits per heavy atom. The molecule has 26 heavy (non-hydrogen) atoms. The molecule has 0 aliphatic carbocycles. The zero-order valence-corrected chi connectivity index (χ0v) is 16.2. The van der Waals surface area contributed by atoms with Gasteiger partial charge in [-0.15, -0.1) is 11.3 Å². The van der Waals surface area contributed by atoms with E-state index >= 15 is 0 Å². The van der Waals surface area contributed by atoms with Gasteiger partial charge < -0.3 is 14.5 Å². The molecule has 4 rings (SSSR count). The summed E-state index contributed by atoms with van der Waals surface area (Å²) in [5.41, 5.74) is 1.27. The molecule has 0 radical (unpaired) electrons. The zero-order chi connectivity index (χ0) is 18.1. The Morgan fingerprint density at radius 2 is 1.85 bits per heavy atom. The lowest BCUT2D eigenvalue weighted by Crippen LogP contribution is -2.52. The number of hydrogen-bond donors (Lipinski definition) is 0. The first-order valence-electron chi connectivity index (χ1n) is 9.17. The van der Waals surface area contributed by atoms with Crippen LogP contribution in [0.4, 0.5) is 5.82 Å². The van der Waals surface area contributed by atoms with E-state index in [9.17, 15) is 4.79 Å². The molecule has 2 aliphatic rings. The van der Waals surface area contributed by atoms with Crippen molar-refractivity contribution in [1.82, 2.24) is 19.8 Å². The molecule has 7 nitrogen and oxygen atoms in total. The molecule has 2 aromatic rings. The van der Waals surface area contributed by atoms with Gasteiger partial charge in [-0.1, -0.05) is 0 Å². The van der Waals surface area contributed by atoms with Gasteiger partial charge in [-0.3, -0.25) is 9.69 Å². The van der Waals surface area contributed by atoms with Crippen LogP contribution < -0.4 is 4.90 Å². The summed E-state index contributed by atoms with van der Waals surface area (Å²) in [5.74, 6) is 1.24. The van der Waals surface area contributed by atoms with Crippen LogP contribution in [0.3, 0.4) is 0 Å². The number of thiophene rings is 1. The van der Waals surface area contributed by atoms with Gasteiger partial charge >= 0.3 is 0 Å². The highest BCUT2D eigenvalue weighted by molar-refractivity contribution is 7.18. The van der Waals surface area contributed by atoms with Crippen LogP contribution in [0.25, 0.3) is 10.2 Å². The summed E-state index contributed by atoms with van der Waals surface area (Å²) < 4.78 is 5.35. The number of carbonyl (C=O) groups is 1. The molecule has 0 aromatic carbocycles. The van der Waals surface area contributed by atoms with Crippen molar-refractivity contribution in [2.75, 3.05) is 63.9 Å².